The summed E-state index contributed by atoms with van der Waals surface area (Å²) in [5.41, 5.74) is 4.67. The quantitative estimate of drug-likeness (QED) is 0.904. The predicted octanol–water partition coefficient (Wildman–Crippen LogP) is 3.82. The maximum absolute atomic E-state index is 6.10. The fourth-order valence-electron chi connectivity index (χ4n) is 1.93. The molecule has 0 radical (unpaired) electrons. The van der Waals surface area contributed by atoms with E-state index in [0.29, 0.717) is 0 Å². The minimum absolute atomic E-state index is 0.756. The summed E-state index contributed by atoms with van der Waals surface area (Å²) in [4.78, 5) is 4.25. The Labute approximate surface area is 113 Å². The zero-order valence-electron chi connectivity index (χ0n) is 10.7. The van der Waals surface area contributed by atoms with Crippen LogP contribution >= 0.6 is 11.6 Å². The molecule has 94 valence electrons. The second kappa shape index (κ2) is 5.98. The smallest absolute Gasteiger partial charge is 0.0412 e. The van der Waals surface area contributed by atoms with Crippen LogP contribution in [-0.2, 0) is 6.54 Å². The van der Waals surface area contributed by atoms with E-state index in [4.69, 9.17) is 11.6 Å². The van der Waals surface area contributed by atoms with Crippen molar-refractivity contribution in [2.75, 3.05) is 6.54 Å². The number of rotatable bonds is 4. The summed E-state index contributed by atoms with van der Waals surface area (Å²) in [5.74, 6) is 0. The molecule has 0 fully saturated rings. The highest BCUT2D eigenvalue weighted by Gasteiger charge is 2.06. The van der Waals surface area contributed by atoms with Gasteiger partial charge in [-0.15, -0.1) is 0 Å². The summed E-state index contributed by atoms with van der Waals surface area (Å²) < 4.78 is 0. The van der Waals surface area contributed by atoms with Gasteiger partial charge in [0.25, 0.3) is 0 Å². The van der Waals surface area contributed by atoms with Crippen LogP contribution in [0, 0.1) is 6.92 Å². The van der Waals surface area contributed by atoms with Crippen LogP contribution < -0.4 is 5.32 Å². The molecule has 1 aromatic carbocycles. The number of nitrogens with one attached hydrogen (secondary N) is 1. The predicted molar refractivity (Wildman–Crippen MR) is 76.8 cm³/mol. The molecule has 0 aliphatic carbocycles. The molecule has 0 aliphatic rings. The van der Waals surface area contributed by atoms with Gasteiger partial charge in [0.15, 0.2) is 0 Å². The van der Waals surface area contributed by atoms with Crippen LogP contribution in [0.2, 0.25) is 5.02 Å². The molecule has 0 bridgehead atoms. The normalized spacial score (nSPS) is 10.6. The lowest BCUT2D eigenvalue weighted by Crippen LogP contribution is -2.12. The lowest BCUT2D eigenvalue weighted by molar-refractivity contribution is 0.728. The third kappa shape index (κ3) is 3.09. The van der Waals surface area contributed by atoms with Crippen molar-refractivity contribution < 1.29 is 0 Å². The number of halogens is 1. The topological polar surface area (TPSA) is 24.9 Å². The van der Waals surface area contributed by atoms with E-state index in [0.717, 1.165) is 34.8 Å². The van der Waals surface area contributed by atoms with Crippen molar-refractivity contribution in [3.63, 3.8) is 0 Å². The second-order valence-electron chi connectivity index (χ2n) is 4.33. The van der Waals surface area contributed by atoms with Crippen molar-refractivity contribution in [3.05, 3.63) is 52.8 Å². The molecule has 0 saturated heterocycles. The first-order chi connectivity index (χ1) is 8.70. The van der Waals surface area contributed by atoms with E-state index < -0.39 is 0 Å². The van der Waals surface area contributed by atoms with Crippen molar-refractivity contribution in [3.8, 4) is 11.1 Å². The molecular weight excluding hydrogens is 244 g/mol. The van der Waals surface area contributed by atoms with Crippen molar-refractivity contribution >= 4 is 11.6 Å². The Morgan fingerprint density at radius 2 is 2.06 bits per heavy atom. The third-order valence-corrected chi connectivity index (χ3v) is 3.06. The first-order valence-electron chi connectivity index (χ1n) is 6.12. The molecule has 1 heterocycles. The van der Waals surface area contributed by atoms with Gasteiger partial charge >= 0.3 is 0 Å². The average molecular weight is 261 g/mol. The van der Waals surface area contributed by atoms with E-state index in [1.807, 2.05) is 31.5 Å². The Bertz CT molecular complexity index is 538. The first kappa shape index (κ1) is 13.1. The van der Waals surface area contributed by atoms with Crippen LogP contribution in [-0.4, -0.2) is 11.5 Å². The number of aromatic nitrogens is 1. The summed E-state index contributed by atoms with van der Waals surface area (Å²) in [5, 5.41) is 4.10. The highest BCUT2D eigenvalue weighted by molar-refractivity contribution is 6.30. The van der Waals surface area contributed by atoms with Crippen molar-refractivity contribution in [2.45, 2.75) is 20.4 Å². The van der Waals surface area contributed by atoms with Gasteiger partial charge in [-0.25, -0.2) is 0 Å². The Morgan fingerprint density at radius 3 is 2.78 bits per heavy atom. The van der Waals surface area contributed by atoms with Crippen LogP contribution in [0.5, 0.6) is 0 Å². The van der Waals surface area contributed by atoms with Crippen LogP contribution in [0.1, 0.15) is 18.1 Å². The van der Waals surface area contributed by atoms with Crippen molar-refractivity contribution in [2.24, 2.45) is 0 Å². The molecule has 2 aromatic rings. The molecule has 2 rings (SSSR count). The van der Waals surface area contributed by atoms with E-state index in [1.165, 1.54) is 5.56 Å². The largest absolute Gasteiger partial charge is 0.313 e. The summed E-state index contributed by atoms with van der Waals surface area (Å²) >= 11 is 6.10. The molecule has 0 saturated carbocycles. The number of hydrogen-bond acceptors (Lipinski definition) is 2. The molecule has 18 heavy (non-hydrogen) atoms. The van der Waals surface area contributed by atoms with Gasteiger partial charge in [-0.1, -0.05) is 24.6 Å². The monoisotopic (exact) mass is 260 g/mol. The molecule has 3 heteroatoms. The van der Waals surface area contributed by atoms with Gasteiger partial charge in [-0.05, 0) is 48.4 Å². The number of pyridine rings is 1. The van der Waals surface area contributed by atoms with E-state index in [9.17, 15) is 0 Å². The van der Waals surface area contributed by atoms with Gasteiger partial charge in [0.05, 0.1) is 0 Å². The van der Waals surface area contributed by atoms with Gasteiger partial charge < -0.3 is 5.32 Å². The second-order valence-corrected chi connectivity index (χ2v) is 4.77. The van der Waals surface area contributed by atoms with Gasteiger partial charge in [0.2, 0.25) is 0 Å². The van der Waals surface area contributed by atoms with Gasteiger partial charge in [0.1, 0.15) is 0 Å². The highest BCUT2D eigenvalue weighted by Crippen LogP contribution is 2.27. The summed E-state index contributed by atoms with van der Waals surface area (Å²) in [6, 6.07) is 8.14. The Kier molecular flexibility index (Phi) is 4.34. The van der Waals surface area contributed by atoms with Gasteiger partial charge in [-0.3, -0.25) is 4.98 Å². The SMILES string of the molecule is CCNCc1ccc(Cl)cc1-c1cncc(C)c1. The third-order valence-electron chi connectivity index (χ3n) is 2.82. The lowest BCUT2D eigenvalue weighted by atomic mass is 10.00. The van der Waals surface area contributed by atoms with Crippen LogP contribution in [0.25, 0.3) is 11.1 Å². The van der Waals surface area contributed by atoms with E-state index in [-0.39, 0.29) is 0 Å². The highest BCUT2D eigenvalue weighted by atomic mass is 35.5. The Balaban J connectivity index is 2.44. The molecule has 0 amide bonds. The maximum atomic E-state index is 6.10. The molecule has 2 nitrogen and oxygen atoms in total. The van der Waals surface area contributed by atoms with Crippen molar-refractivity contribution in [1.29, 1.82) is 0 Å². The van der Waals surface area contributed by atoms with Crippen LogP contribution in [0.3, 0.4) is 0 Å². The molecule has 0 unspecified atom stereocenters. The fourth-order valence-corrected chi connectivity index (χ4v) is 2.11. The summed E-state index contributed by atoms with van der Waals surface area (Å²) in [6.45, 7) is 5.94. The summed E-state index contributed by atoms with van der Waals surface area (Å²) in [6.07, 6.45) is 3.74. The minimum atomic E-state index is 0.756. The standard InChI is InChI=1S/C15H17ClN2/c1-3-17-9-12-4-5-14(16)7-15(12)13-6-11(2)8-18-10-13/h4-8,10,17H,3,9H2,1-2H3. The van der Waals surface area contributed by atoms with E-state index in [2.05, 4.69) is 29.4 Å². The fraction of sp³-hybridized carbons (Fsp3) is 0.267. The molecule has 1 aromatic heterocycles. The first-order valence-corrected chi connectivity index (χ1v) is 6.49. The Morgan fingerprint density at radius 1 is 1.22 bits per heavy atom. The van der Waals surface area contributed by atoms with E-state index >= 15 is 0 Å². The minimum Gasteiger partial charge on any atom is -0.313 e. The molecular formula is C15H17ClN2. The van der Waals surface area contributed by atoms with Gasteiger partial charge in [0, 0.05) is 29.5 Å². The molecule has 0 spiro atoms. The zero-order valence-corrected chi connectivity index (χ0v) is 11.5. The van der Waals surface area contributed by atoms with E-state index in [1.54, 1.807) is 0 Å². The van der Waals surface area contributed by atoms with Crippen LogP contribution in [0.4, 0.5) is 0 Å². The Hall–Kier alpha value is -1.38. The summed E-state index contributed by atoms with van der Waals surface area (Å²) in [7, 11) is 0. The number of aryl methyl sites for hydroxylation is 1. The number of benzene rings is 1. The van der Waals surface area contributed by atoms with Crippen molar-refractivity contribution in [1.82, 2.24) is 10.3 Å². The number of hydrogen-bond donors (Lipinski definition) is 1. The molecule has 1 N–H and O–H groups in total. The molecule has 0 aliphatic heterocycles. The van der Waals surface area contributed by atoms with Crippen LogP contribution in [0.15, 0.2) is 36.7 Å². The average Bonchev–Trinajstić information content (AvgIpc) is 2.37. The van der Waals surface area contributed by atoms with Gasteiger partial charge in [-0.2, -0.15) is 0 Å². The maximum Gasteiger partial charge on any atom is 0.0412 e. The lowest BCUT2D eigenvalue weighted by Gasteiger charge is -2.11. The number of nitrogens with zero attached hydrogens (tertiary/aromatic N) is 1. The zero-order chi connectivity index (χ0) is 13.0. The molecule has 0 atom stereocenters.